The number of carboxylic acid groups (broad SMARTS) is 1. The normalized spacial score (nSPS) is 20.1. The van der Waals surface area contributed by atoms with E-state index in [4.69, 9.17) is 14.9 Å². The fraction of sp³-hybridized carbons (Fsp3) is 0.750. The monoisotopic (exact) mass is 288 g/mol. The van der Waals surface area contributed by atoms with Crippen molar-refractivity contribution in [1.29, 1.82) is 0 Å². The molecule has 1 saturated heterocycles. The number of nitrogens with zero attached hydrogens (tertiary/aromatic N) is 1. The van der Waals surface area contributed by atoms with Gasteiger partial charge >= 0.3 is 18.0 Å². The third-order valence-electron chi connectivity index (χ3n) is 3.05. The van der Waals surface area contributed by atoms with Gasteiger partial charge in [0.15, 0.2) is 6.10 Å². The van der Waals surface area contributed by atoms with Crippen LogP contribution < -0.4 is 5.32 Å². The van der Waals surface area contributed by atoms with Crippen molar-refractivity contribution < 1.29 is 29.3 Å². The highest BCUT2D eigenvalue weighted by atomic mass is 16.5. The Kier molecular flexibility index (Phi) is 6.23. The number of carbonyl (C=O) groups excluding carboxylic acids is 2. The van der Waals surface area contributed by atoms with Gasteiger partial charge in [-0.15, -0.1) is 0 Å². The fourth-order valence-electron chi connectivity index (χ4n) is 2.03. The van der Waals surface area contributed by atoms with Crippen molar-refractivity contribution >= 4 is 18.0 Å². The van der Waals surface area contributed by atoms with E-state index in [1.807, 2.05) is 0 Å². The van der Waals surface area contributed by atoms with Gasteiger partial charge in [0.1, 0.15) is 6.04 Å². The lowest BCUT2D eigenvalue weighted by Gasteiger charge is -2.34. The smallest absolute Gasteiger partial charge is 0.334 e. The maximum atomic E-state index is 11.9. The Hall–Kier alpha value is -1.83. The zero-order valence-corrected chi connectivity index (χ0v) is 11.4. The van der Waals surface area contributed by atoms with Gasteiger partial charge in [0.2, 0.25) is 0 Å². The molecular weight excluding hydrogens is 268 g/mol. The van der Waals surface area contributed by atoms with Gasteiger partial charge < -0.3 is 25.2 Å². The molecule has 1 fully saturated rings. The second-order valence-electron chi connectivity index (χ2n) is 4.50. The van der Waals surface area contributed by atoms with Gasteiger partial charge in [0.25, 0.3) is 0 Å². The molecule has 8 nitrogen and oxygen atoms in total. The van der Waals surface area contributed by atoms with Crippen LogP contribution in [0.1, 0.15) is 26.2 Å². The number of carbonyl (C=O) groups is 3. The number of piperidine rings is 1. The average molecular weight is 288 g/mol. The summed E-state index contributed by atoms with van der Waals surface area (Å²) in [6.07, 6.45) is 0.452. The van der Waals surface area contributed by atoms with E-state index in [2.05, 4.69) is 5.32 Å². The van der Waals surface area contributed by atoms with Crippen LogP contribution in [0, 0.1) is 0 Å². The van der Waals surface area contributed by atoms with Crippen molar-refractivity contribution in [2.24, 2.45) is 0 Å². The molecule has 114 valence electrons. The van der Waals surface area contributed by atoms with E-state index >= 15 is 0 Å². The topological polar surface area (TPSA) is 116 Å². The largest absolute Gasteiger partial charge is 0.479 e. The number of aliphatic hydroxyl groups excluding tert-OH is 1. The lowest BCUT2D eigenvalue weighted by molar-refractivity contribution is -0.150. The molecule has 0 aliphatic carbocycles. The summed E-state index contributed by atoms with van der Waals surface area (Å²) in [4.78, 5) is 35.5. The maximum Gasteiger partial charge on any atom is 0.334 e. The first-order chi connectivity index (χ1) is 9.47. The predicted octanol–water partition coefficient (Wildman–Crippen LogP) is -0.441. The zero-order valence-electron chi connectivity index (χ0n) is 11.4. The number of hydrogen-bond acceptors (Lipinski definition) is 5. The van der Waals surface area contributed by atoms with Crippen LogP contribution in [-0.2, 0) is 14.3 Å². The molecule has 1 unspecified atom stereocenters. The zero-order chi connectivity index (χ0) is 15.1. The van der Waals surface area contributed by atoms with Gasteiger partial charge in [0, 0.05) is 6.54 Å². The molecule has 0 radical (unpaired) electrons. The summed E-state index contributed by atoms with van der Waals surface area (Å²) >= 11 is 0. The Morgan fingerprint density at radius 1 is 1.40 bits per heavy atom. The van der Waals surface area contributed by atoms with E-state index in [1.165, 1.54) is 4.90 Å². The minimum absolute atomic E-state index is 0.239. The van der Waals surface area contributed by atoms with E-state index in [0.717, 1.165) is 12.8 Å². The van der Waals surface area contributed by atoms with E-state index in [1.54, 1.807) is 6.92 Å². The summed E-state index contributed by atoms with van der Waals surface area (Å²) in [6, 6.07) is -1.21. The van der Waals surface area contributed by atoms with Crippen LogP contribution in [0.4, 0.5) is 4.79 Å². The van der Waals surface area contributed by atoms with Crippen molar-refractivity contribution in [1.82, 2.24) is 10.2 Å². The van der Waals surface area contributed by atoms with Crippen molar-refractivity contribution in [2.45, 2.75) is 38.3 Å². The molecule has 2 atom stereocenters. The van der Waals surface area contributed by atoms with Crippen LogP contribution >= 0.6 is 0 Å². The molecule has 1 aliphatic rings. The quantitative estimate of drug-likeness (QED) is 0.590. The number of hydrogen-bond donors (Lipinski definition) is 3. The summed E-state index contributed by atoms with van der Waals surface area (Å²) < 4.78 is 4.92. The Bertz CT molecular complexity index is 373. The first-order valence-corrected chi connectivity index (χ1v) is 6.59. The van der Waals surface area contributed by atoms with Crippen molar-refractivity contribution in [2.75, 3.05) is 19.7 Å². The lowest BCUT2D eigenvalue weighted by Crippen LogP contribution is -2.53. The van der Waals surface area contributed by atoms with Crippen LogP contribution in [0.15, 0.2) is 0 Å². The van der Waals surface area contributed by atoms with Crippen LogP contribution in [-0.4, -0.2) is 64.9 Å². The average Bonchev–Trinajstić information content (AvgIpc) is 2.44. The Balaban J connectivity index is 2.58. The van der Waals surface area contributed by atoms with Crippen LogP contribution in [0.25, 0.3) is 0 Å². The van der Waals surface area contributed by atoms with Gasteiger partial charge in [-0.1, -0.05) is 0 Å². The summed E-state index contributed by atoms with van der Waals surface area (Å²) in [7, 11) is 0. The summed E-state index contributed by atoms with van der Waals surface area (Å²) in [5.41, 5.74) is 0. The van der Waals surface area contributed by atoms with Crippen LogP contribution in [0.3, 0.4) is 0 Å². The number of aliphatic hydroxyl groups is 1. The third-order valence-corrected chi connectivity index (χ3v) is 3.05. The molecule has 1 aliphatic heterocycles. The number of ether oxygens (including phenoxy) is 1. The van der Waals surface area contributed by atoms with Crippen LogP contribution in [0.2, 0.25) is 0 Å². The highest BCUT2D eigenvalue weighted by Crippen LogP contribution is 2.18. The van der Waals surface area contributed by atoms with Crippen molar-refractivity contribution in [3.8, 4) is 0 Å². The van der Waals surface area contributed by atoms with E-state index < -0.39 is 36.7 Å². The molecule has 1 rings (SSSR count). The summed E-state index contributed by atoms with van der Waals surface area (Å²) in [5.74, 6) is -1.87. The molecule has 0 bridgehead atoms. The van der Waals surface area contributed by atoms with Crippen molar-refractivity contribution in [3.63, 3.8) is 0 Å². The predicted molar refractivity (Wildman–Crippen MR) is 68.0 cm³/mol. The standard InChI is InChI=1S/C12H20N2O6/c1-2-20-11(18)8-5-3-4-6-14(8)12(19)13-7-9(15)10(16)17/h8-9,15H,2-7H2,1H3,(H,13,19)(H,16,17)/t8?,9-/m0/s1. The van der Waals surface area contributed by atoms with Gasteiger partial charge in [-0.3, -0.25) is 0 Å². The highest BCUT2D eigenvalue weighted by molar-refractivity contribution is 5.84. The second kappa shape index (κ2) is 7.68. The first-order valence-electron chi connectivity index (χ1n) is 6.59. The fourth-order valence-corrected chi connectivity index (χ4v) is 2.03. The Morgan fingerprint density at radius 2 is 2.10 bits per heavy atom. The Labute approximate surface area is 116 Å². The minimum Gasteiger partial charge on any atom is -0.479 e. The SMILES string of the molecule is CCOC(=O)C1CCCCN1C(=O)NC[C@H](O)C(=O)O. The molecule has 3 N–H and O–H groups in total. The number of likely N-dealkylation sites (tertiary alicyclic amines) is 1. The number of nitrogens with one attached hydrogen (secondary N) is 1. The lowest BCUT2D eigenvalue weighted by atomic mass is 10.0. The van der Waals surface area contributed by atoms with Gasteiger partial charge in [-0.05, 0) is 26.2 Å². The van der Waals surface area contributed by atoms with Gasteiger partial charge in [0.05, 0.1) is 13.2 Å². The number of rotatable bonds is 5. The molecule has 0 spiro atoms. The number of urea groups is 1. The second-order valence-corrected chi connectivity index (χ2v) is 4.50. The molecule has 20 heavy (non-hydrogen) atoms. The van der Waals surface area contributed by atoms with E-state index in [-0.39, 0.29) is 6.61 Å². The van der Waals surface area contributed by atoms with Crippen LogP contribution in [0.5, 0.6) is 0 Å². The molecule has 0 aromatic rings. The Morgan fingerprint density at radius 3 is 2.70 bits per heavy atom. The van der Waals surface area contributed by atoms with E-state index in [9.17, 15) is 14.4 Å². The molecule has 0 aromatic carbocycles. The third kappa shape index (κ3) is 4.37. The summed E-state index contributed by atoms with van der Waals surface area (Å²) in [6.45, 7) is 1.93. The van der Waals surface area contributed by atoms with E-state index in [0.29, 0.717) is 13.0 Å². The van der Waals surface area contributed by atoms with Gasteiger partial charge in [-0.2, -0.15) is 0 Å². The molecule has 2 amide bonds. The first kappa shape index (κ1) is 16.2. The number of carboxylic acids is 1. The van der Waals surface area contributed by atoms with Crippen molar-refractivity contribution in [3.05, 3.63) is 0 Å². The van der Waals surface area contributed by atoms with Gasteiger partial charge in [-0.25, -0.2) is 14.4 Å². The molecule has 0 aromatic heterocycles. The molecule has 8 heteroatoms. The molecule has 0 saturated carbocycles. The molecular formula is C12H20N2O6. The number of amides is 2. The number of aliphatic carboxylic acids is 1. The highest BCUT2D eigenvalue weighted by Gasteiger charge is 2.33. The summed E-state index contributed by atoms with van der Waals surface area (Å²) in [5, 5.41) is 19.9. The minimum atomic E-state index is -1.66. The molecule has 1 heterocycles. The maximum absolute atomic E-state index is 11.9. The number of esters is 1.